The van der Waals surface area contributed by atoms with Crippen LogP contribution in [-0.4, -0.2) is 26.4 Å². The van der Waals surface area contributed by atoms with Crippen LogP contribution in [0, 0.1) is 5.82 Å². The first-order valence-electron chi connectivity index (χ1n) is 5.03. The average Bonchev–Trinajstić information content (AvgIpc) is 2.18. The van der Waals surface area contributed by atoms with Crippen LogP contribution < -0.4 is 9.64 Å². The van der Waals surface area contributed by atoms with Gasteiger partial charge in [0, 0.05) is 18.8 Å². The summed E-state index contributed by atoms with van der Waals surface area (Å²) < 4.78 is 54.8. The van der Waals surface area contributed by atoms with Gasteiger partial charge in [-0.05, 0) is 19.1 Å². The summed E-state index contributed by atoms with van der Waals surface area (Å²) in [4.78, 5) is 0.929. The van der Waals surface area contributed by atoms with Gasteiger partial charge in [-0.2, -0.15) is 13.2 Å². The standard InChI is InChI=1S/C11H13F4NO/c1-3-17-10-5-4-8(6-9(10)12)16(2)7-11(13,14)15/h4-6H,3,7H2,1-2H3. The van der Waals surface area contributed by atoms with Crippen molar-refractivity contribution in [1.29, 1.82) is 0 Å². The van der Waals surface area contributed by atoms with E-state index in [1.54, 1.807) is 6.92 Å². The highest BCUT2D eigenvalue weighted by Gasteiger charge is 2.29. The van der Waals surface area contributed by atoms with E-state index >= 15 is 0 Å². The number of anilines is 1. The fourth-order valence-corrected chi connectivity index (χ4v) is 1.36. The van der Waals surface area contributed by atoms with Gasteiger partial charge >= 0.3 is 6.18 Å². The first-order chi connectivity index (χ1) is 7.83. The maximum absolute atomic E-state index is 13.4. The second-order valence-corrected chi connectivity index (χ2v) is 3.52. The molecule has 0 saturated carbocycles. The van der Waals surface area contributed by atoms with E-state index in [1.807, 2.05) is 0 Å². The SMILES string of the molecule is CCOc1ccc(N(C)CC(F)(F)F)cc1F. The van der Waals surface area contributed by atoms with E-state index in [0.717, 1.165) is 11.0 Å². The molecule has 6 heteroatoms. The number of halogens is 4. The summed E-state index contributed by atoms with van der Waals surface area (Å²) in [6.07, 6.45) is -4.32. The molecule has 0 radical (unpaired) electrons. The molecule has 1 rings (SSSR count). The Bertz CT molecular complexity index is 378. The second kappa shape index (κ2) is 5.25. The topological polar surface area (TPSA) is 12.5 Å². The number of nitrogens with zero attached hydrogens (tertiary/aromatic N) is 1. The Labute approximate surface area is 96.8 Å². The normalized spacial score (nSPS) is 11.4. The number of hydrogen-bond donors (Lipinski definition) is 0. The lowest BCUT2D eigenvalue weighted by Gasteiger charge is -2.21. The van der Waals surface area contributed by atoms with Crippen molar-refractivity contribution in [2.24, 2.45) is 0 Å². The summed E-state index contributed by atoms with van der Waals surface area (Å²) in [5, 5.41) is 0. The Kier molecular flexibility index (Phi) is 4.20. The lowest BCUT2D eigenvalue weighted by molar-refractivity contribution is -0.119. The highest BCUT2D eigenvalue weighted by Crippen LogP contribution is 2.25. The quantitative estimate of drug-likeness (QED) is 0.762. The molecule has 0 aliphatic carbocycles. The molecule has 1 aromatic carbocycles. The van der Waals surface area contributed by atoms with E-state index in [-0.39, 0.29) is 11.4 Å². The molecule has 0 heterocycles. The molecule has 96 valence electrons. The zero-order chi connectivity index (χ0) is 13.1. The summed E-state index contributed by atoms with van der Waals surface area (Å²) in [5.41, 5.74) is 0.156. The monoisotopic (exact) mass is 251 g/mol. The molecule has 17 heavy (non-hydrogen) atoms. The van der Waals surface area contributed by atoms with Crippen molar-refractivity contribution in [2.45, 2.75) is 13.1 Å². The van der Waals surface area contributed by atoms with Gasteiger partial charge in [0.25, 0.3) is 0 Å². The highest BCUT2D eigenvalue weighted by molar-refractivity contribution is 5.49. The zero-order valence-electron chi connectivity index (χ0n) is 9.51. The van der Waals surface area contributed by atoms with Crippen LogP contribution >= 0.6 is 0 Å². The predicted molar refractivity (Wildman–Crippen MR) is 56.9 cm³/mol. The summed E-state index contributed by atoms with van der Waals surface area (Å²) >= 11 is 0. The third kappa shape index (κ3) is 4.13. The number of rotatable bonds is 4. The molecular formula is C11H13F4NO. The molecule has 0 N–H and O–H groups in total. The Balaban J connectivity index is 2.82. The molecule has 0 aromatic heterocycles. The van der Waals surface area contributed by atoms with Gasteiger partial charge in [-0.25, -0.2) is 4.39 Å². The summed E-state index contributed by atoms with van der Waals surface area (Å²) in [6, 6.07) is 3.73. The fourth-order valence-electron chi connectivity index (χ4n) is 1.36. The van der Waals surface area contributed by atoms with Crippen molar-refractivity contribution >= 4 is 5.69 Å². The van der Waals surface area contributed by atoms with Crippen molar-refractivity contribution in [2.75, 3.05) is 25.1 Å². The number of ether oxygens (including phenoxy) is 1. The van der Waals surface area contributed by atoms with Crippen molar-refractivity contribution < 1.29 is 22.3 Å². The van der Waals surface area contributed by atoms with Crippen LogP contribution in [0.2, 0.25) is 0 Å². The van der Waals surface area contributed by atoms with Crippen LogP contribution in [0.5, 0.6) is 5.75 Å². The number of hydrogen-bond acceptors (Lipinski definition) is 2. The molecular weight excluding hydrogens is 238 g/mol. The molecule has 0 aliphatic rings. The summed E-state index contributed by atoms with van der Waals surface area (Å²) in [5.74, 6) is -0.630. The second-order valence-electron chi connectivity index (χ2n) is 3.52. The average molecular weight is 251 g/mol. The lowest BCUT2D eigenvalue weighted by atomic mass is 10.2. The van der Waals surface area contributed by atoms with Gasteiger partial charge in [-0.3, -0.25) is 0 Å². The maximum Gasteiger partial charge on any atom is 0.405 e. The first-order valence-corrected chi connectivity index (χ1v) is 5.03. The van der Waals surface area contributed by atoms with E-state index in [1.165, 1.54) is 19.2 Å². The van der Waals surface area contributed by atoms with E-state index in [0.29, 0.717) is 6.61 Å². The van der Waals surface area contributed by atoms with Gasteiger partial charge in [-0.1, -0.05) is 0 Å². The zero-order valence-corrected chi connectivity index (χ0v) is 9.51. The minimum atomic E-state index is -4.32. The minimum absolute atomic E-state index is 0.0386. The fraction of sp³-hybridized carbons (Fsp3) is 0.455. The molecule has 0 saturated heterocycles. The van der Waals surface area contributed by atoms with Crippen molar-refractivity contribution in [3.05, 3.63) is 24.0 Å². The number of benzene rings is 1. The van der Waals surface area contributed by atoms with E-state index in [2.05, 4.69) is 0 Å². The summed E-state index contributed by atoms with van der Waals surface area (Å²) in [6.45, 7) is 0.873. The van der Waals surface area contributed by atoms with Crippen LogP contribution in [0.25, 0.3) is 0 Å². The number of alkyl halides is 3. The van der Waals surface area contributed by atoms with Gasteiger partial charge in [0.05, 0.1) is 6.61 Å². The molecule has 0 amide bonds. The third-order valence-corrected chi connectivity index (χ3v) is 2.07. The first kappa shape index (κ1) is 13.6. The predicted octanol–water partition coefficient (Wildman–Crippen LogP) is 3.22. The van der Waals surface area contributed by atoms with Gasteiger partial charge < -0.3 is 9.64 Å². The van der Waals surface area contributed by atoms with E-state index < -0.39 is 18.5 Å². The van der Waals surface area contributed by atoms with Crippen LogP contribution in [0.1, 0.15) is 6.92 Å². The van der Waals surface area contributed by atoms with Crippen molar-refractivity contribution in [3.8, 4) is 5.75 Å². The van der Waals surface area contributed by atoms with Gasteiger partial charge in [0.1, 0.15) is 6.54 Å². The molecule has 0 atom stereocenters. The van der Waals surface area contributed by atoms with Crippen LogP contribution in [-0.2, 0) is 0 Å². The minimum Gasteiger partial charge on any atom is -0.491 e. The van der Waals surface area contributed by atoms with Crippen LogP contribution in [0.4, 0.5) is 23.2 Å². The van der Waals surface area contributed by atoms with E-state index in [9.17, 15) is 17.6 Å². The molecule has 2 nitrogen and oxygen atoms in total. The van der Waals surface area contributed by atoms with Crippen molar-refractivity contribution in [1.82, 2.24) is 0 Å². The Morgan fingerprint density at radius 3 is 2.41 bits per heavy atom. The van der Waals surface area contributed by atoms with Crippen LogP contribution in [0.3, 0.4) is 0 Å². The van der Waals surface area contributed by atoms with E-state index in [4.69, 9.17) is 4.74 Å². The Morgan fingerprint density at radius 1 is 1.29 bits per heavy atom. The molecule has 1 aromatic rings. The van der Waals surface area contributed by atoms with Crippen molar-refractivity contribution in [3.63, 3.8) is 0 Å². The molecule has 0 spiro atoms. The molecule has 0 bridgehead atoms. The highest BCUT2D eigenvalue weighted by atomic mass is 19.4. The third-order valence-electron chi connectivity index (χ3n) is 2.07. The molecule has 0 fully saturated rings. The Morgan fingerprint density at radius 2 is 1.94 bits per heavy atom. The van der Waals surface area contributed by atoms with Gasteiger partial charge in [-0.15, -0.1) is 0 Å². The van der Waals surface area contributed by atoms with Gasteiger partial charge in [0.2, 0.25) is 0 Å². The Hall–Kier alpha value is -1.46. The molecule has 0 unspecified atom stereocenters. The summed E-state index contributed by atoms with van der Waals surface area (Å²) in [7, 11) is 1.25. The maximum atomic E-state index is 13.4. The lowest BCUT2D eigenvalue weighted by Crippen LogP contribution is -2.30. The van der Waals surface area contributed by atoms with Crippen LogP contribution in [0.15, 0.2) is 18.2 Å². The van der Waals surface area contributed by atoms with Gasteiger partial charge in [0.15, 0.2) is 11.6 Å². The smallest absolute Gasteiger partial charge is 0.405 e. The molecule has 0 aliphatic heterocycles. The largest absolute Gasteiger partial charge is 0.491 e.